The third-order valence-electron chi connectivity index (χ3n) is 2.91. The molecular formula is C10H10N3O5Tl. The number of hydrogen-bond donors (Lipinski definition) is 2. The van der Waals surface area contributed by atoms with Crippen LogP contribution in [0.2, 0.25) is 0 Å². The van der Waals surface area contributed by atoms with Crippen molar-refractivity contribution in [3.8, 4) is 6.07 Å². The van der Waals surface area contributed by atoms with Crippen LogP contribution in [0, 0.1) is 11.3 Å². The third kappa shape index (κ3) is 2.50. The van der Waals surface area contributed by atoms with Gasteiger partial charge in [-0.2, -0.15) is 0 Å². The van der Waals surface area contributed by atoms with Gasteiger partial charge in [-0.05, 0) is 0 Å². The molecule has 2 rings (SSSR count). The zero-order valence-electron chi connectivity index (χ0n) is 9.78. The zero-order valence-corrected chi connectivity index (χ0v) is 14.3. The van der Waals surface area contributed by atoms with Crippen LogP contribution >= 0.6 is 0 Å². The molecule has 0 aliphatic carbocycles. The number of aliphatic hydroxyl groups excluding tert-OH is 1. The summed E-state index contributed by atoms with van der Waals surface area (Å²) in [4.78, 5) is 24.8. The summed E-state index contributed by atoms with van der Waals surface area (Å²) in [7, 11) is 0. The Morgan fingerprint density at radius 2 is 2.47 bits per heavy atom. The molecule has 19 heavy (non-hydrogen) atoms. The Bertz CT molecular complexity index is 621. The Labute approximate surface area is 123 Å². The summed E-state index contributed by atoms with van der Waals surface area (Å²) in [5.74, 6) is 0. The van der Waals surface area contributed by atoms with Gasteiger partial charge in [0.1, 0.15) is 0 Å². The van der Waals surface area contributed by atoms with E-state index in [-0.39, 0.29) is 13.0 Å². The van der Waals surface area contributed by atoms with E-state index in [1.807, 2.05) is 11.1 Å². The van der Waals surface area contributed by atoms with E-state index in [1.54, 1.807) is 0 Å². The van der Waals surface area contributed by atoms with Crippen molar-refractivity contribution >= 4 is 26.2 Å². The number of aromatic nitrogens is 2. The van der Waals surface area contributed by atoms with Crippen LogP contribution in [0.4, 0.5) is 0 Å². The van der Waals surface area contributed by atoms with E-state index >= 15 is 0 Å². The first kappa shape index (κ1) is 14.4. The second-order valence-electron chi connectivity index (χ2n) is 4.11. The first-order valence-corrected chi connectivity index (χ1v) is 7.28. The molecule has 1 aromatic heterocycles. The number of aliphatic hydroxyl groups is 1. The van der Waals surface area contributed by atoms with E-state index in [4.69, 9.17) is 7.42 Å². The van der Waals surface area contributed by atoms with E-state index < -0.39 is 29.2 Å². The van der Waals surface area contributed by atoms with Gasteiger partial charge in [0, 0.05) is 0 Å². The molecule has 0 spiro atoms. The fourth-order valence-corrected chi connectivity index (χ4v) is 2.88. The van der Waals surface area contributed by atoms with Crippen LogP contribution in [0.1, 0.15) is 6.42 Å². The molecule has 0 radical (unpaired) electrons. The minimum atomic E-state index is -1.82. The van der Waals surface area contributed by atoms with Crippen LogP contribution in [0.15, 0.2) is 21.9 Å². The zero-order chi connectivity index (χ0) is 14.0. The van der Waals surface area contributed by atoms with Gasteiger partial charge in [0.15, 0.2) is 0 Å². The molecule has 2 N–H and O–H groups in total. The number of nitriles is 1. The Kier molecular flexibility index (Phi) is 4.19. The predicted octanol–water partition coefficient (Wildman–Crippen LogP) is -2.04. The molecule has 0 aromatic carbocycles. The van der Waals surface area contributed by atoms with Crippen LogP contribution in [0.5, 0.6) is 0 Å². The molecule has 2 heterocycles. The Balaban J connectivity index is 2.47. The Morgan fingerprint density at radius 3 is 3.05 bits per heavy atom. The first-order chi connectivity index (χ1) is 9.03. The van der Waals surface area contributed by atoms with Gasteiger partial charge in [-0.1, -0.05) is 0 Å². The third-order valence-corrected chi connectivity index (χ3v) is 3.66. The van der Waals surface area contributed by atoms with Crippen LogP contribution < -0.4 is 11.2 Å². The van der Waals surface area contributed by atoms with Gasteiger partial charge in [-0.25, -0.2) is 0 Å². The molecule has 1 aliphatic heterocycles. The summed E-state index contributed by atoms with van der Waals surface area (Å²) in [6.07, 6.45) is -0.310. The Hall–Kier alpha value is -1.03. The number of aromatic amines is 1. The summed E-state index contributed by atoms with van der Waals surface area (Å²) in [5, 5.41) is 19.3. The van der Waals surface area contributed by atoms with Gasteiger partial charge in [-0.15, -0.1) is 0 Å². The van der Waals surface area contributed by atoms with Crippen molar-refractivity contribution in [1.82, 2.24) is 9.55 Å². The first-order valence-electron chi connectivity index (χ1n) is 5.45. The molecule has 1 aliphatic rings. The minimum absolute atomic E-state index is 0.186. The molecule has 1 aromatic rings. The maximum absolute atomic E-state index is 11.7. The quantitative estimate of drug-likeness (QED) is 0.507. The van der Waals surface area contributed by atoms with Crippen molar-refractivity contribution in [3.63, 3.8) is 0 Å². The number of nitrogens with zero attached hydrogens (tertiary/aromatic N) is 2. The van der Waals surface area contributed by atoms with Crippen molar-refractivity contribution in [2.75, 3.05) is 6.61 Å². The topological polar surface area (TPSA) is 117 Å². The van der Waals surface area contributed by atoms with Crippen LogP contribution in [0.3, 0.4) is 0 Å². The monoisotopic (exact) mass is 457 g/mol. The summed E-state index contributed by atoms with van der Waals surface area (Å²) in [5.41, 5.74) is -3.21. The molecule has 1 fully saturated rings. The summed E-state index contributed by atoms with van der Waals surface area (Å²) < 4.78 is 11.5. The van der Waals surface area contributed by atoms with E-state index in [9.17, 15) is 20.0 Å². The van der Waals surface area contributed by atoms with E-state index in [1.165, 1.54) is 0 Å². The summed E-state index contributed by atoms with van der Waals surface area (Å²) in [6.45, 7) is 0.267. The van der Waals surface area contributed by atoms with E-state index in [0.29, 0.717) is 26.2 Å². The molecule has 0 amide bonds. The van der Waals surface area contributed by atoms with Gasteiger partial charge >= 0.3 is 124 Å². The number of ether oxygens (including phenoxy) is 1. The van der Waals surface area contributed by atoms with Crippen LogP contribution in [-0.4, -0.2) is 59.7 Å². The molecule has 0 bridgehead atoms. The van der Waals surface area contributed by atoms with Gasteiger partial charge in [0.05, 0.1) is 0 Å². The summed E-state index contributed by atoms with van der Waals surface area (Å²) in [6, 6.07) is 2.91. The second kappa shape index (κ2) is 5.53. The molecular weight excluding hydrogens is 447 g/mol. The van der Waals surface area contributed by atoms with Crippen molar-refractivity contribution in [2.45, 2.75) is 24.4 Å². The van der Waals surface area contributed by atoms with Crippen molar-refractivity contribution in [3.05, 3.63) is 33.1 Å². The van der Waals surface area contributed by atoms with Gasteiger partial charge in [0.25, 0.3) is 0 Å². The van der Waals surface area contributed by atoms with Gasteiger partial charge < -0.3 is 0 Å². The van der Waals surface area contributed by atoms with Crippen LogP contribution in [-0.2, 0) is 13.1 Å². The molecule has 98 valence electrons. The molecule has 0 unspecified atom stereocenters. The molecule has 9 heteroatoms. The number of H-pyrrole nitrogens is 1. The maximum atomic E-state index is 11.7. The van der Waals surface area contributed by atoms with Crippen LogP contribution in [0.25, 0.3) is 0 Å². The number of hydrogen-bond acceptors (Lipinski definition) is 6. The second-order valence-corrected chi connectivity index (χ2v) is 5.41. The molecule has 8 nitrogen and oxygen atoms in total. The average molecular weight is 457 g/mol. The molecule has 1 saturated heterocycles. The fourth-order valence-electron chi connectivity index (χ4n) is 2.05. The molecule has 0 saturated carbocycles. The predicted molar refractivity (Wildman–Crippen MR) is 62.1 cm³/mol. The van der Waals surface area contributed by atoms with Crippen molar-refractivity contribution in [1.29, 1.82) is 5.26 Å². The van der Waals surface area contributed by atoms with Gasteiger partial charge in [-0.3, -0.25) is 0 Å². The van der Waals surface area contributed by atoms with E-state index in [0.717, 1.165) is 16.8 Å². The SMILES string of the molecule is N#C[C@@]1(n2ccc(=O)[nH]c2=O)O[C@H](C[O][Tl])C[C@H]1O. The van der Waals surface area contributed by atoms with Gasteiger partial charge in [0.2, 0.25) is 0 Å². The molecule has 3 atom stereocenters. The van der Waals surface area contributed by atoms with E-state index in [2.05, 4.69) is 0 Å². The number of rotatable bonds is 3. The average Bonchev–Trinajstić information content (AvgIpc) is 2.67. The standard InChI is InChI=1S/C10H10N3O5.Tl/c11-5-10(7(15)3-6(4-14)18-10)13-2-1-8(16)12-9(13)17;/h1-2,6-7,15H,3-4H2,(H,12,16,17);/q-1;+1/t6-,7+,10+;/m0./s1. The normalized spacial score (nSPS) is 30.1. The fraction of sp³-hybridized carbons (Fsp3) is 0.500. The number of nitrogens with one attached hydrogen (secondary N) is 1. The summed E-state index contributed by atoms with van der Waals surface area (Å²) >= 11 is 0.318. The Morgan fingerprint density at radius 1 is 1.74 bits per heavy atom. The van der Waals surface area contributed by atoms with Crippen molar-refractivity contribution < 1.29 is 12.5 Å². The van der Waals surface area contributed by atoms with Crippen molar-refractivity contribution in [2.24, 2.45) is 0 Å².